The molecule has 2 aliphatic rings. The summed E-state index contributed by atoms with van der Waals surface area (Å²) >= 11 is 0. The van der Waals surface area contributed by atoms with E-state index >= 15 is 0 Å². The Kier molecular flexibility index (Phi) is 4.86. The molecule has 1 N–H and O–H groups in total. The number of nitrogens with one attached hydrogen (secondary N) is 1. The Morgan fingerprint density at radius 3 is 2.40 bits per heavy atom. The Bertz CT molecular complexity index is 701. The maximum atomic E-state index is 5.00. The van der Waals surface area contributed by atoms with Gasteiger partial charge < -0.3 is 10.2 Å². The van der Waals surface area contributed by atoms with Crippen molar-refractivity contribution in [1.82, 2.24) is 9.97 Å². The molecule has 4 nitrogen and oxygen atoms in total. The Morgan fingerprint density at radius 1 is 1.00 bits per heavy atom. The van der Waals surface area contributed by atoms with Crippen LogP contribution in [0.5, 0.6) is 0 Å². The van der Waals surface area contributed by atoms with Crippen LogP contribution >= 0.6 is 0 Å². The number of rotatable bonds is 5. The maximum absolute atomic E-state index is 5.00. The lowest BCUT2D eigenvalue weighted by molar-refractivity contribution is 0.726. The first kappa shape index (κ1) is 16.4. The van der Waals surface area contributed by atoms with Crippen LogP contribution in [0.1, 0.15) is 55.5 Å². The van der Waals surface area contributed by atoms with E-state index in [4.69, 9.17) is 9.97 Å². The highest BCUT2D eigenvalue weighted by atomic mass is 15.2. The quantitative estimate of drug-likeness (QED) is 0.882. The number of aromatic nitrogens is 2. The third-order valence-electron chi connectivity index (χ3n) is 5.20. The molecule has 0 amide bonds. The fourth-order valence-electron chi connectivity index (χ4n) is 3.56. The third kappa shape index (κ3) is 4.12. The number of hydrogen-bond acceptors (Lipinski definition) is 4. The number of anilines is 2. The predicted molar refractivity (Wildman–Crippen MR) is 103 cm³/mol. The topological polar surface area (TPSA) is 41.1 Å². The summed E-state index contributed by atoms with van der Waals surface area (Å²) in [6, 6.07) is 11.1. The average molecular weight is 336 g/mol. The molecular formula is C21H28N4. The van der Waals surface area contributed by atoms with E-state index in [-0.39, 0.29) is 0 Å². The highest BCUT2D eigenvalue weighted by Crippen LogP contribution is 2.30. The van der Waals surface area contributed by atoms with Gasteiger partial charge in [0.15, 0.2) is 0 Å². The molecule has 0 bridgehead atoms. The minimum atomic E-state index is 0.607. The maximum Gasteiger partial charge on any atom is 0.137 e. The van der Waals surface area contributed by atoms with E-state index in [0.29, 0.717) is 6.04 Å². The Hall–Kier alpha value is -2.10. The summed E-state index contributed by atoms with van der Waals surface area (Å²) in [5.41, 5.74) is 2.48. The molecule has 1 aromatic carbocycles. The second-order valence-corrected chi connectivity index (χ2v) is 7.42. The normalized spacial score (nSPS) is 18.0. The van der Waals surface area contributed by atoms with Gasteiger partial charge in [-0.1, -0.05) is 43.2 Å². The molecule has 2 heterocycles. The smallest absolute Gasteiger partial charge is 0.137 e. The van der Waals surface area contributed by atoms with E-state index in [2.05, 4.69) is 47.5 Å². The molecule has 1 saturated carbocycles. The summed E-state index contributed by atoms with van der Waals surface area (Å²) in [5, 5.41) is 3.63. The molecule has 25 heavy (non-hydrogen) atoms. The zero-order valence-corrected chi connectivity index (χ0v) is 15.2. The van der Waals surface area contributed by atoms with Gasteiger partial charge in [-0.05, 0) is 38.2 Å². The molecule has 2 fully saturated rings. The minimum Gasteiger partial charge on any atom is -0.367 e. The van der Waals surface area contributed by atoms with Gasteiger partial charge >= 0.3 is 0 Å². The zero-order valence-electron chi connectivity index (χ0n) is 15.2. The molecule has 4 rings (SSSR count). The van der Waals surface area contributed by atoms with Crippen LogP contribution in [-0.4, -0.2) is 29.1 Å². The highest BCUT2D eigenvalue weighted by Gasteiger charge is 2.25. The molecule has 1 aliphatic carbocycles. The van der Waals surface area contributed by atoms with Gasteiger partial charge in [-0.3, -0.25) is 0 Å². The second kappa shape index (κ2) is 7.42. The molecule has 1 aromatic heterocycles. The van der Waals surface area contributed by atoms with Crippen LogP contribution in [-0.2, 0) is 6.42 Å². The van der Waals surface area contributed by atoms with Crippen LogP contribution in [0, 0.1) is 6.92 Å². The summed E-state index contributed by atoms with van der Waals surface area (Å²) < 4.78 is 0. The van der Waals surface area contributed by atoms with Crippen LogP contribution in [0.25, 0.3) is 0 Å². The van der Waals surface area contributed by atoms with Crippen molar-refractivity contribution in [1.29, 1.82) is 0 Å². The monoisotopic (exact) mass is 336 g/mol. The van der Waals surface area contributed by atoms with Crippen molar-refractivity contribution in [3.8, 4) is 0 Å². The summed E-state index contributed by atoms with van der Waals surface area (Å²) in [4.78, 5) is 12.4. The SMILES string of the molecule is Cc1c(NC2CC2)nc(Cc2ccccc2)nc1N1CCCCCC1. The summed E-state index contributed by atoms with van der Waals surface area (Å²) in [6.07, 6.45) is 8.52. The molecule has 0 unspecified atom stereocenters. The molecule has 4 heteroatoms. The summed E-state index contributed by atoms with van der Waals surface area (Å²) in [6.45, 7) is 4.41. The summed E-state index contributed by atoms with van der Waals surface area (Å²) in [5.74, 6) is 3.12. The summed E-state index contributed by atoms with van der Waals surface area (Å²) in [7, 11) is 0. The minimum absolute atomic E-state index is 0.607. The van der Waals surface area contributed by atoms with Crippen molar-refractivity contribution in [3.63, 3.8) is 0 Å². The van der Waals surface area contributed by atoms with Crippen molar-refractivity contribution >= 4 is 11.6 Å². The highest BCUT2D eigenvalue weighted by molar-refractivity contribution is 5.59. The van der Waals surface area contributed by atoms with Gasteiger partial charge in [-0.25, -0.2) is 9.97 Å². The number of benzene rings is 1. The van der Waals surface area contributed by atoms with Gasteiger partial charge in [0, 0.05) is 31.1 Å². The van der Waals surface area contributed by atoms with Gasteiger partial charge in [0.25, 0.3) is 0 Å². The van der Waals surface area contributed by atoms with Crippen LogP contribution in [0.15, 0.2) is 30.3 Å². The van der Waals surface area contributed by atoms with Gasteiger partial charge in [0.05, 0.1) is 0 Å². The van der Waals surface area contributed by atoms with Gasteiger partial charge in [0.1, 0.15) is 17.5 Å². The van der Waals surface area contributed by atoms with Crippen molar-refractivity contribution in [2.45, 2.75) is 57.9 Å². The van der Waals surface area contributed by atoms with Crippen molar-refractivity contribution in [2.24, 2.45) is 0 Å². The predicted octanol–water partition coefficient (Wildman–Crippen LogP) is 4.33. The van der Waals surface area contributed by atoms with Crippen LogP contribution in [0.3, 0.4) is 0 Å². The van der Waals surface area contributed by atoms with Gasteiger partial charge in [-0.2, -0.15) is 0 Å². The molecular weight excluding hydrogens is 308 g/mol. The largest absolute Gasteiger partial charge is 0.367 e. The van der Waals surface area contributed by atoms with E-state index in [0.717, 1.165) is 37.0 Å². The molecule has 1 aliphatic heterocycles. The second-order valence-electron chi connectivity index (χ2n) is 7.42. The lowest BCUT2D eigenvalue weighted by Crippen LogP contribution is -2.27. The Labute approximate surface area is 150 Å². The third-order valence-corrected chi connectivity index (χ3v) is 5.20. The van der Waals surface area contributed by atoms with Crippen LogP contribution in [0.2, 0.25) is 0 Å². The van der Waals surface area contributed by atoms with E-state index < -0.39 is 0 Å². The van der Waals surface area contributed by atoms with Crippen molar-refractivity contribution in [2.75, 3.05) is 23.3 Å². The zero-order chi connectivity index (χ0) is 17.1. The lowest BCUT2D eigenvalue weighted by Gasteiger charge is -2.25. The molecule has 0 radical (unpaired) electrons. The molecule has 0 atom stereocenters. The van der Waals surface area contributed by atoms with Gasteiger partial charge in [0.2, 0.25) is 0 Å². The van der Waals surface area contributed by atoms with E-state index in [9.17, 15) is 0 Å². The standard InChI is InChI=1S/C21H28N4/c1-16-20(22-18-11-12-18)23-19(15-17-9-5-4-6-10-17)24-21(16)25-13-7-2-3-8-14-25/h4-6,9-10,18H,2-3,7-8,11-15H2,1H3,(H,22,23,24). The number of nitrogens with zero attached hydrogens (tertiary/aromatic N) is 3. The molecule has 132 valence electrons. The Morgan fingerprint density at radius 2 is 1.72 bits per heavy atom. The Balaban J connectivity index is 1.66. The van der Waals surface area contributed by atoms with E-state index in [1.807, 2.05) is 0 Å². The van der Waals surface area contributed by atoms with Crippen molar-refractivity contribution < 1.29 is 0 Å². The first-order chi connectivity index (χ1) is 12.3. The van der Waals surface area contributed by atoms with Crippen LogP contribution < -0.4 is 10.2 Å². The molecule has 1 saturated heterocycles. The fraction of sp³-hybridized carbons (Fsp3) is 0.524. The first-order valence-electron chi connectivity index (χ1n) is 9.72. The number of hydrogen-bond donors (Lipinski definition) is 1. The molecule has 2 aromatic rings. The van der Waals surface area contributed by atoms with E-state index in [1.165, 1.54) is 49.7 Å². The first-order valence-corrected chi connectivity index (χ1v) is 9.72. The lowest BCUT2D eigenvalue weighted by atomic mass is 10.1. The van der Waals surface area contributed by atoms with Gasteiger partial charge in [-0.15, -0.1) is 0 Å². The van der Waals surface area contributed by atoms with Crippen molar-refractivity contribution in [3.05, 3.63) is 47.3 Å². The van der Waals surface area contributed by atoms with E-state index in [1.54, 1.807) is 0 Å². The fourth-order valence-corrected chi connectivity index (χ4v) is 3.56. The molecule has 0 spiro atoms. The van der Waals surface area contributed by atoms with Crippen LogP contribution in [0.4, 0.5) is 11.6 Å². The average Bonchev–Trinajstić information content (AvgIpc) is 3.45.